The van der Waals surface area contributed by atoms with Crippen molar-refractivity contribution in [1.82, 2.24) is 4.90 Å². The van der Waals surface area contributed by atoms with Gasteiger partial charge in [-0.3, -0.25) is 4.90 Å². The first-order valence-corrected chi connectivity index (χ1v) is 7.67. The molecule has 116 valence electrons. The molecule has 1 aliphatic rings. The Morgan fingerprint density at radius 3 is 2.15 bits per heavy atom. The molecule has 2 heteroatoms. The molecule has 1 fully saturated rings. The van der Waals surface area contributed by atoms with Gasteiger partial charge in [-0.15, -0.1) is 0 Å². The molecule has 0 saturated carbocycles. The summed E-state index contributed by atoms with van der Waals surface area (Å²) in [7, 11) is 0. The number of morpholine rings is 1. The van der Waals surface area contributed by atoms with E-state index in [1.165, 1.54) is 12.0 Å². The molecule has 0 amide bonds. The molecule has 1 saturated heterocycles. The normalized spacial score (nSPS) is 17.1. The molecule has 0 aromatic rings. The van der Waals surface area contributed by atoms with Crippen molar-refractivity contribution in [1.29, 1.82) is 0 Å². The average molecular weight is 279 g/mol. The Hall–Kier alpha value is -0.860. The van der Waals surface area contributed by atoms with Crippen LogP contribution in [-0.2, 0) is 4.74 Å². The highest BCUT2D eigenvalue weighted by molar-refractivity contribution is 5.31. The Morgan fingerprint density at radius 1 is 1.25 bits per heavy atom. The van der Waals surface area contributed by atoms with E-state index in [9.17, 15) is 0 Å². The molecule has 0 N–H and O–H groups in total. The summed E-state index contributed by atoms with van der Waals surface area (Å²) in [6, 6.07) is 0. The second-order valence-electron chi connectivity index (χ2n) is 6.13. The van der Waals surface area contributed by atoms with Gasteiger partial charge < -0.3 is 4.74 Å². The maximum Gasteiger partial charge on any atom is 0.0594 e. The van der Waals surface area contributed by atoms with E-state index >= 15 is 0 Å². The molecule has 1 aliphatic heterocycles. The van der Waals surface area contributed by atoms with Crippen LogP contribution in [0.15, 0.2) is 36.5 Å². The standard InChI is InChI=1S/C15H25NO.C3H8/c1-6-14(11-13(2)3)15(4,5)12-16-7-9-17-10-8-16;1-3-2/h6,11H,1-2,7-10,12H2,3-5H3;3H2,1-2H3/b14-11+;. The van der Waals surface area contributed by atoms with Gasteiger partial charge in [-0.25, -0.2) is 0 Å². The van der Waals surface area contributed by atoms with Gasteiger partial charge in [0.15, 0.2) is 0 Å². The van der Waals surface area contributed by atoms with Gasteiger partial charge in [0, 0.05) is 25.0 Å². The summed E-state index contributed by atoms with van der Waals surface area (Å²) in [4.78, 5) is 2.46. The van der Waals surface area contributed by atoms with Gasteiger partial charge in [-0.2, -0.15) is 0 Å². The van der Waals surface area contributed by atoms with Crippen molar-refractivity contribution in [3.63, 3.8) is 0 Å². The van der Waals surface area contributed by atoms with Crippen molar-refractivity contribution in [3.05, 3.63) is 36.5 Å². The van der Waals surface area contributed by atoms with Gasteiger partial charge in [-0.1, -0.05) is 65.0 Å². The number of allylic oxidation sites excluding steroid dienone is 3. The topological polar surface area (TPSA) is 12.5 Å². The van der Waals surface area contributed by atoms with E-state index in [2.05, 4.69) is 51.8 Å². The van der Waals surface area contributed by atoms with E-state index in [-0.39, 0.29) is 5.41 Å². The summed E-state index contributed by atoms with van der Waals surface area (Å²) in [6.07, 6.45) is 5.34. The van der Waals surface area contributed by atoms with E-state index in [1.54, 1.807) is 0 Å². The third kappa shape index (κ3) is 7.66. The molecule has 0 aromatic heterocycles. The van der Waals surface area contributed by atoms with E-state index in [0.717, 1.165) is 38.4 Å². The number of hydrogen-bond donors (Lipinski definition) is 0. The van der Waals surface area contributed by atoms with E-state index in [4.69, 9.17) is 4.74 Å². The zero-order valence-corrected chi connectivity index (χ0v) is 14.2. The maximum absolute atomic E-state index is 5.38. The summed E-state index contributed by atoms with van der Waals surface area (Å²) < 4.78 is 5.38. The van der Waals surface area contributed by atoms with Crippen LogP contribution in [0.3, 0.4) is 0 Å². The second kappa shape index (κ2) is 9.95. The zero-order valence-electron chi connectivity index (χ0n) is 14.2. The lowest BCUT2D eigenvalue weighted by atomic mass is 9.82. The molecular weight excluding hydrogens is 246 g/mol. The van der Waals surface area contributed by atoms with Crippen molar-refractivity contribution < 1.29 is 4.74 Å². The van der Waals surface area contributed by atoms with Crippen LogP contribution >= 0.6 is 0 Å². The molecule has 0 atom stereocenters. The van der Waals surface area contributed by atoms with Crippen LogP contribution in [0.5, 0.6) is 0 Å². The Balaban J connectivity index is 0.00000110. The SMILES string of the molecule is C=C/C(=C\C(=C)C)C(C)(C)CN1CCOCC1.CCC. The number of rotatable bonds is 5. The van der Waals surface area contributed by atoms with E-state index in [1.807, 2.05) is 13.0 Å². The highest BCUT2D eigenvalue weighted by atomic mass is 16.5. The summed E-state index contributed by atoms with van der Waals surface area (Å²) in [6.45, 7) is 23.5. The fourth-order valence-electron chi connectivity index (χ4n) is 2.21. The minimum Gasteiger partial charge on any atom is -0.379 e. The highest BCUT2D eigenvalue weighted by Crippen LogP contribution is 2.29. The predicted molar refractivity (Wildman–Crippen MR) is 90.1 cm³/mol. The number of ether oxygens (including phenoxy) is 1. The van der Waals surface area contributed by atoms with Crippen LogP contribution < -0.4 is 0 Å². The highest BCUT2D eigenvalue weighted by Gasteiger charge is 2.25. The second-order valence-corrected chi connectivity index (χ2v) is 6.13. The van der Waals surface area contributed by atoms with Crippen LogP contribution in [0.4, 0.5) is 0 Å². The Labute approximate surface area is 126 Å². The predicted octanol–water partition coefficient (Wildman–Crippen LogP) is 4.45. The lowest BCUT2D eigenvalue weighted by Crippen LogP contribution is -2.42. The zero-order chi connectivity index (χ0) is 15.6. The first kappa shape index (κ1) is 19.1. The van der Waals surface area contributed by atoms with Gasteiger partial charge in [0.2, 0.25) is 0 Å². The molecule has 0 unspecified atom stereocenters. The third-order valence-electron chi connectivity index (χ3n) is 3.13. The molecule has 1 heterocycles. The van der Waals surface area contributed by atoms with Gasteiger partial charge in [-0.05, 0) is 12.5 Å². The van der Waals surface area contributed by atoms with Crippen LogP contribution in [0.1, 0.15) is 41.0 Å². The molecular formula is C18H33NO. The minimum absolute atomic E-state index is 0.109. The van der Waals surface area contributed by atoms with Gasteiger partial charge in [0.1, 0.15) is 0 Å². The first-order chi connectivity index (χ1) is 9.37. The third-order valence-corrected chi connectivity index (χ3v) is 3.13. The smallest absolute Gasteiger partial charge is 0.0594 e. The van der Waals surface area contributed by atoms with Crippen LogP contribution in [0.2, 0.25) is 0 Å². The van der Waals surface area contributed by atoms with Crippen molar-refractivity contribution in [2.75, 3.05) is 32.8 Å². The molecule has 0 aliphatic carbocycles. The fourth-order valence-corrected chi connectivity index (χ4v) is 2.21. The van der Waals surface area contributed by atoms with E-state index < -0.39 is 0 Å². The van der Waals surface area contributed by atoms with Gasteiger partial charge in [0.25, 0.3) is 0 Å². The fraction of sp³-hybridized carbons (Fsp3) is 0.667. The van der Waals surface area contributed by atoms with Crippen molar-refractivity contribution in [2.45, 2.75) is 41.0 Å². The quantitative estimate of drug-likeness (QED) is 0.689. The molecule has 1 rings (SSSR count). The summed E-state index contributed by atoms with van der Waals surface area (Å²) in [5.41, 5.74) is 2.45. The van der Waals surface area contributed by atoms with Crippen LogP contribution in [0.25, 0.3) is 0 Å². The molecule has 0 radical (unpaired) electrons. The lowest BCUT2D eigenvalue weighted by Gasteiger charge is -2.35. The molecule has 0 aromatic carbocycles. The Kier molecular flexibility index (Phi) is 9.52. The molecule has 20 heavy (non-hydrogen) atoms. The average Bonchev–Trinajstić information content (AvgIpc) is 2.37. The maximum atomic E-state index is 5.38. The monoisotopic (exact) mass is 279 g/mol. The first-order valence-electron chi connectivity index (χ1n) is 7.67. The van der Waals surface area contributed by atoms with Crippen molar-refractivity contribution in [2.24, 2.45) is 5.41 Å². The largest absolute Gasteiger partial charge is 0.379 e. The number of hydrogen-bond acceptors (Lipinski definition) is 2. The Morgan fingerprint density at radius 2 is 1.75 bits per heavy atom. The van der Waals surface area contributed by atoms with E-state index in [0.29, 0.717) is 0 Å². The summed E-state index contributed by atoms with van der Waals surface area (Å²) >= 11 is 0. The molecule has 2 nitrogen and oxygen atoms in total. The van der Waals surface area contributed by atoms with Gasteiger partial charge >= 0.3 is 0 Å². The number of nitrogens with zero attached hydrogens (tertiary/aromatic N) is 1. The lowest BCUT2D eigenvalue weighted by molar-refractivity contribution is 0.0259. The van der Waals surface area contributed by atoms with Crippen LogP contribution in [0, 0.1) is 5.41 Å². The van der Waals surface area contributed by atoms with Crippen molar-refractivity contribution >= 4 is 0 Å². The molecule has 0 spiro atoms. The van der Waals surface area contributed by atoms with Crippen LogP contribution in [-0.4, -0.2) is 37.7 Å². The Bertz CT molecular complexity index is 322. The van der Waals surface area contributed by atoms with Crippen molar-refractivity contribution in [3.8, 4) is 0 Å². The minimum atomic E-state index is 0.109. The molecule has 0 bridgehead atoms. The summed E-state index contributed by atoms with van der Waals surface area (Å²) in [5.74, 6) is 0. The van der Waals surface area contributed by atoms with Gasteiger partial charge in [0.05, 0.1) is 13.2 Å². The summed E-state index contributed by atoms with van der Waals surface area (Å²) in [5, 5.41) is 0.